The number of hydrogen-bond donors (Lipinski definition) is 3. The predicted molar refractivity (Wildman–Crippen MR) is 83.2 cm³/mol. The molecule has 1 saturated heterocycles. The smallest absolute Gasteiger partial charge is 0.233 e. The third-order valence-corrected chi connectivity index (χ3v) is 4.10. The number of thioether (sulfide) groups is 1. The third kappa shape index (κ3) is 4.78. The van der Waals surface area contributed by atoms with Gasteiger partial charge in [-0.3, -0.25) is 14.4 Å². The first-order chi connectivity index (χ1) is 10.0. The number of carbonyl (C=O) groups is 3. The summed E-state index contributed by atoms with van der Waals surface area (Å²) in [5.74, 6) is 0.404. The molecule has 6 nitrogen and oxygen atoms in total. The third-order valence-electron chi connectivity index (χ3n) is 2.87. The lowest BCUT2D eigenvalue weighted by molar-refractivity contribution is -0.123. The lowest BCUT2D eigenvalue weighted by atomic mass is 10.2. The standard InChI is InChI=1S/C14H17N3O3S/c1-9(18)16-10-2-4-11(5-3-10)17-13(19)8-12-14(20)15-6-7-21-12/h2-5,12H,6-8H2,1H3,(H,15,20)(H,16,18)(H,17,19)/t12-/m0/s1. The SMILES string of the molecule is CC(=O)Nc1ccc(NC(=O)C[C@@H]2SCCNC2=O)cc1. The van der Waals surface area contributed by atoms with E-state index in [1.807, 2.05) is 0 Å². The molecule has 0 unspecified atom stereocenters. The van der Waals surface area contributed by atoms with Gasteiger partial charge < -0.3 is 16.0 Å². The molecule has 112 valence electrons. The molecule has 21 heavy (non-hydrogen) atoms. The van der Waals surface area contributed by atoms with Crippen molar-refractivity contribution in [3.05, 3.63) is 24.3 Å². The van der Waals surface area contributed by atoms with Crippen LogP contribution in [0.4, 0.5) is 11.4 Å². The largest absolute Gasteiger partial charge is 0.354 e. The second-order valence-corrected chi connectivity index (χ2v) is 5.97. The molecule has 2 rings (SSSR count). The highest BCUT2D eigenvalue weighted by Gasteiger charge is 2.25. The van der Waals surface area contributed by atoms with E-state index in [1.54, 1.807) is 24.3 Å². The second-order valence-electron chi connectivity index (χ2n) is 4.66. The van der Waals surface area contributed by atoms with Gasteiger partial charge in [-0.15, -0.1) is 11.8 Å². The van der Waals surface area contributed by atoms with E-state index in [0.29, 0.717) is 17.9 Å². The minimum atomic E-state index is -0.322. The van der Waals surface area contributed by atoms with Crippen molar-refractivity contribution in [1.29, 1.82) is 0 Å². The molecule has 0 spiro atoms. The predicted octanol–water partition coefficient (Wildman–Crippen LogP) is 1.21. The highest BCUT2D eigenvalue weighted by molar-refractivity contribution is 8.00. The van der Waals surface area contributed by atoms with Gasteiger partial charge in [0.1, 0.15) is 0 Å². The summed E-state index contributed by atoms with van der Waals surface area (Å²) in [5, 5.41) is 7.82. The number of benzene rings is 1. The van der Waals surface area contributed by atoms with Crippen LogP contribution in [0.5, 0.6) is 0 Å². The van der Waals surface area contributed by atoms with Crippen LogP contribution in [0.2, 0.25) is 0 Å². The maximum Gasteiger partial charge on any atom is 0.233 e. The Morgan fingerprint density at radius 2 is 1.86 bits per heavy atom. The first-order valence-corrected chi connectivity index (χ1v) is 7.66. The van der Waals surface area contributed by atoms with Crippen LogP contribution in [0.25, 0.3) is 0 Å². The zero-order valence-electron chi connectivity index (χ0n) is 11.6. The summed E-state index contributed by atoms with van der Waals surface area (Å²) in [4.78, 5) is 34.4. The molecule has 0 aromatic heterocycles. The Labute approximate surface area is 127 Å². The molecule has 1 aromatic rings. The molecule has 1 fully saturated rings. The molecule has 1 atom stereocenters. The topological polar surface area (TPSA) is 87.3 Å². The Kier molecular flexibility index (Phi) is 5.21. The van der Waals surface area contributed by atoms with Gasteiger partial charge in [0.15, 0.2) is 0 Å². The lowest BCUT2D eigenvalue weighted by Crippen LogP contribution is -2.40. The van der Waals surface area contributed by atoms with Crippen LogP contribution in [0.1, 0.15) is 13.3 Å². The maximum atomic E-state index is 11.9. The Balaban J connectivity index is 1.87. The molecule has 1 aliphatic rings. The van der Waals surface area contributed by atoms with Gasteiger partial charge in [-0.25, -0.2) is 0 Å². The lowest BCUT2D eigenvalue weighted by Gasteiger charge is -2.20. The number of nitrogens with one attached hydrogen (secondary N) is 3. The molecule has 0 radical (unpaired) electrons. The Morgan fingerprint density at radius 1 is 1.24 bits per heavy atom. The van der Waals surface area contributed by atoms with Gasteiger partial charge in [0.2, 0.25) is 17.7 Å². The number of anilines is 2. The van der Waals surface area contributed by atoms with E-state index in [4.69, 9.17) is 0 Å². The summed E-state index contributed by atoms with van der Waals surface area (Å²) in [6, 6.07) is 6.83. The molecule has 3 N–H and O–H groups in total. The monoisotopic (exact) mass is 307 g/mol. The Morgan fingerprint density at radius 3 is 2.43 bits per heavy atom. The van der Waals surface area contributed by atoms with Crippen molar-refractivity contribution in [3.63, 3.8) is 0 Å². The number of hydrogen-bond acceptors (Lipinski definition) is 4. The minimum Gasteiger partial charge on any atom is -0.354 e. The fourth-order valence-corrected chi connectivity index (χ4v) is 2.95. The van der Waals surface area contributed by atoms with Crippen LogP contribution in [0, 0.1) is 0 Å². The van der Waals surface area contributed by atoms with Gasteiger partial charge >= 0.3 is 0 Å². The first-order valence-electron chi connectivity index (χ1n) is 6.61. The molecule has 3 amide bonds. The molecular weight excluding hydrogens is 290 g/mol. The highest BCUT2D eigenvalue weighted by Crippen LogP contribution is 2.19. The molecular formula is C14H17N3O3S. The fourth-order valence-electron chi connectivity index (χ4n) is 1.94. The molecule has 0 bridgehead atoms. The van der Waals surface area contributed by atoms with E-state index in [9.17, 15) is 14.4 Å². The van der Waals surface area contributed by atoms with E-state index < -0.39 is 0 Å². The second kappa shape index (κ2) is 7.12. The van der Waals surface area contributed by atoms with Gasteiger partial charge in [-0.05, 0) is 24.3 Å². The summed E-state index contributed by atoms with van der Waals surface area (Å²) >= 11 is 1.50. The van der Waals surface area contributed by atoms with Crippen molar-refractivity contribution >= 4 is 40.9 Å². The average molecular weight is 307 g/mol. The van der Waals surface area contributed by atoms with Crippen LogP contribution >= 0.6 is 11.8 Å². The van der Waals surface area contributed by atoms with Crippen LogP contribution in [0.3, 0.4) is 0 Å². The van der Waals surface area contributed by atoms with Crippen LogP contribution in [-0.4, -0.2) is 35.3 Å². The molecule has 0 aliphatic carbocycles. The zero-order chi connectivity index (χ0) is 15.2. The van der Waals surface area contributed by atoms with Gasteiger partial charge in [-0.2, -0.15) is 0 Å². The van der Waals surface area contributed by atoms with Gasteiger partial charge in [0.25, 0.3) is 0 Å². The molecule has 1 heterocycles. The van der Waals surface area contributed by atoms with Crippen molar-refractivity contribution < 1.29 is 14.4 Å². The van der Waals surface area contributed by atoms with Crippen LogP contribution < -0.4 is 16.0 Å². The number of rotatable bonds is 4. The Bertz CT molecular complexity index is 545. The van der Waals surface area contributed by atoms with Crippen molar-refractivity contribution in [1.82, 2.24) is 5.32 Å². The summed E-state index contributed by atoms with van der Waals surface area (Å²) < 4.78 is 0. The molecule has 7 heteroatoms. The van der Waals surface area contributed by atoms with Crippen molar-refractivity contribution in [2.24, 2.45) is 0 Å². The van der Waals surface area contributed by atoms with Crippen molar-refractivity contribution in [2.75, 3.05) is 22.9 Å². The van der Waals surface area contributed by atoms with E-state index >= 15 is 0 Å². The van der Waals surface area contributed by atoms with Gasteiger partial charge in [-0.1, -0.05) is 0 Å². The van der Waals surface area contributed by atoms with Gasteiger partial charge in [0.05, 0.1) is 5.25 Å². The summed E-state index contributed by atoms with van der Waals surface area (Å²) in [7, 11) is 0. The number of amides is 3. The molecule has 1 aliphatic heterocycles. The van der Waals surface area contributed by atoms with Crippen LogP contribution in [-0.2, 0) is 14.4 Å². The average Bonchev–Trinajstić information content (AvgIpc) is 2.43. The number of carbonyl (C=O) groups excluding carboxylic acids is 3. The quantitative estimate of drug-likeness (QED) is 0.780. The van der Waals surface area contributed by atoms with E-state index in [0.717, 1.165) is 5.75 Å². The van der Waals surface area contributed by atoms with E-state index in [2.05, 4.69) is 16.0 Å². The summed E-state index contributed by atoms with van der Waals surface area (Å²) in [6.45, 7) is 2.09. The van der Waals surface area contributed by atoms with Crippen LogP contribution in [0.15, 0.2) is 24.3 Å². The zero-order valence-corrected chi connectivity index (χ0v) is 12.5. The maximum absolute atomic E-state index is 11.9. The Hall–Kier alpha value is -2.02. The fraction of sp³-hybridized carbons (Fsp3) is 0.357. The normalized spacial score (nSPS) is 17.8. The summed E-state index contributed by atoms with van der Waals surface area (Å²) in [5.41, 5.74) is 1.30. The van der Waals surface area contributed by atoms with E-state index in [-0.39, 0.29) is 29.4 Å². The van der Waals surface area contributed by atoms with E-state index in [1.165, 1.54) is 18.7 Å². The first kappa shape index (κ1) is 15.4. The van der Waals surface area contributed by atoms with Crippen molar-refractivity contribution in [3.8, 4) is 0 Å². The van der Waals surface area contributed by atoms with Crippen molar-refractivity contribution in [2.45, 2.75) is 18.6 Å². The van der Waals surface area contributed by atoms with Gasteiger partial charge in [0, 0.05) is 37.0 Å². The molecule has 1 aromatic carbocycles. The summed E-state index contributed by atoms with van der Waals surface area (Å²) in [6.07, 6.45) is 0.157. The minimum absolute atomic E-state index is 0.0811. The highest BCUT2D eigenvalue weighted by atomic mass is 32.2. The molecule has 0 saturated carbocycles.